The van der Waals surface area contributed by atoms with Crippen molar-refractivity contribution in [3.8, 4) is 17.4 Å². The van der Waals surface area contributed by atoms with Gasteiger partial charge < -0.3 is 10.1 Å². The highest BCUT2D eigenvalue weighted by molar-refractivity contribution is 5.94. The maximum Gasteiger partial charge on any atom is 0.229 e. The van der Waals surface area contributed by atoms with E-state index in [0.29, 0.717) is 17.4 Å². The minimum absolute atomic E-state index is 0.0393. The van der Waals surface area contributed by atoms with Crippen molar-refractivity contribution in [2.75, 3.05) is 5.32 Å². The minimum atomic E-state index is -0.448. The lowest BCUT2D eigenvalue weighted by Crippen LogP contribution is -2.27. The summed E-state index contributed by atoms with van der Waals surface area (Å²) in [5.41, 5.74) is 2.23. The van der Waals surface area contributed by atoms with Crippen LogP contribution in [0.4, 0.5) is 5.69 Å². The molecule has 1 N–H and O–H groups in total. The fourth-order valence-corrected chi connectivity index (χ4v) is 2.29. The number of benzene rings is 1. The average molecular weight is 365 g/mol. The molecule has 7 heteroatoms. The Morgan fingerprint density at radius 2 is 1.78 bits per heavy atom. The van der Waals surface area contributed by atoms with Crippen molar-refractivity contribution >= 4 is 11.6 Å². The Hall–Kier alpha value is -3.22. The van der Waals surface area contributed by atoms with Crippen LogP contribution in [0.5, 0.6) is 11.6 Å². The number of aryl methyl sites for hydroxylation is 1. The molecule has 1 aromatic carbocycles. The van der Waals surface area contributed by atoms with E-state index in [0.717, 1.165) is 17.1 Å². The molecule has 3 rings (SSSR count). The second-order valence-electron chi connectivity index (χ2n) is 7.33. The van der Waals surface area contributed by atoms with Gasteiger partial charge in [0.15, 0.2) is 0 Å². The number of rotatable bonds is 4. The predicted octanol–water partition coefficient (Wildman–Crippen LogP) is 4.06. The van der Waals surface area contributed by atoms with Crippen LogP contribution in [0, 0.1) is 19.3 Å². The molecule has 0 aliphatic heterocycles. The van der Waals surface area contributed by atoms with Crippen LogP contribution in [0.2, 0.25) is 0 Å². The molecule has 1 amide bonds. The summed E-state index contributed by atoms with van der Waals surface area (Å²) in [6.45, 7) is 9.54. The average Bonchev–Trinajstić information content (AvgIpc) is 2.95. The van der Waals surface area contributed by atoms with E-state index >= 15 is 0 Å². The van der Waals surface area contributed by atoms with Gasteiger partial charge in [0.1, 0.15) is 24.2 Å². The third-order valence-corrected chi connectivity index (χ3v) is 4.14. The van der Waals surface area contributed by atoms with Crippen molar-refractivity contribution in [3.05, 3.63) is 54.4 Å². The summed E-state index contributed by atoms with van der Waals surface area (Å²) in [5, 5.41) is 2.88. The van der Waals surface area contributed by atoms with E-state index < -0.39 is 5.41 Å². The van der Waals surface area contributed by atoms with Gasteiger partial charge in [-0.05, 0) is 38.1 Å². The number of nitrogens with zero attached hydrogens (tertiary/aromatic N) is 4. The number of hydrogen-bond acceptors (Lipinski definition) is 5. The topological polar surface area (TPSA) is 81.9 Å². The number of imidazole rings is 1. The van der Waals surface area contributed by atoms with Gasteiger partial charge in [-0.1, -0.05) is 20.8 Å². The number of anilines is 1. The van der Waals surface area contributed by atoms with Gasteiger partial charge in [-0.2, -0.15) is 0 Å². The van der Waals surface area contributed by atoms with E-state index in [1.165, 1.54) is 6.33 Å². The maximum absolute atomic E-state index is 12.0. The van der Waals surface area contributed by atoms with Crippen molar-refractivity contribution in [1.29, 1.82) is 0 Å². The van der Waals surface area contributed by atoms with Gasteiger partial charge in [0.2, 0.25) is 11.8 Å². The summed E-state index contributed by atoms with van der Waals surface area (Å²) >= 11 is 0. The molecule has 140 valence electrons. The van der Waals surface area contributed by atoms with E-state index in [9.17, 15) is 4.79 Å². The zero-order chi connectivity index (χ0) is 19.6. The predicted molar refractivity (Wildman–Crippen MR) is 103 cm³/mol. The number of carbonyl (C=O) groups is 1. The number of aromatic nitrogens is 4. The van der Waals surface area contributed by atoms with Gasteiger partial charge >= 0.3 is 0 Å². The van der Waals surface area contributed by atoms with Gasteiger partial charge in [0.25, 0.3) is 0 Å². The zero-order valence-electron chi connectivity index (χ0n) is 16.1. The standard InChI is InChI=1S/C20H23N5O2/c1-13-14(2)25(12-23-13)17-10-18(22-11-21-17)27-16-8-6-15(7-9-16)24-19(26)20(3,4)5/h6-12H,1-5H3,(H,24,26). The molecule has 2 aromatic heterocycles. The maximum atomic E-state index is 12.0. The number of hydrogen-bond donors (Lipinski definition) is 1. The van der Waals surface area contributed by atoms with Crippen molar-refractivity contribution in [2.24, 2.45) is 5.41 Å². The summed E-state index contributed by atoms with van der Waals surface area (Å²) in [6.07, 6.45) is 3.18. The van der Waals surface area contributed by atoms with Crippen LogP contribution in [0.25, 0.3) is 5.82 Å². The second kappa shape index (κ2) is 7.19. The Bertz CT molecular complexity index is 955. The molecule has 0 aliphatic rings. The fourth-order valence-electron chi connectivity index (χ4n) is 2.29. The molecule has 0 aliphatic carbocycles. The third kappa shape index (κ3) is 4.31. The Morgan fingerprint density at radius 3 is 2.37 bits per heavy atom. The molecule has 0 saturated carbocycles. The Labute approximate surface area is 158 Å². The van der Waals surface area contributed by atoms with Gasteiger partial charge in [-0.3, -0.25) is 9.36 Å². The molecular formula is C20H23N5O2. The van der Waals surface area contributed by atoms with Crippen molar-refractivity contribution in [1.82, 2.24) is 19.5 Å². The van der Waals surface area contributed by atoms with Crippen LogP contribution in [0.1, 0.15) is 32.2 Å². The monoisotopic (exact) mass is 365 g/mol. The normalized spacial score (nSPS) is 11.3. The fraction of sp³-hybridized carbons (Fsp3) is 0.300. The molecule has 0 fully saturated rings. The quantitative estimate of drug-likeness (QED) is 0.754. The Balaban J connectivity index is 1.73. The Kier molecular flexibility index (Phi) is 4.94. The van der Waals surface area contributed by atoms with Gasteiger partial charge in [0, 0.05) is 22.9 Å². The first-order chi connectivity index (χ1) is 12.7. The smallest absolute Gasteiger partial charge is 0.229 e. The first-order valence-corrected chi connectivity index (χ1v) is 8.66. The van der Waals surface area contributed by atoms with Crippen molar-refractivity contribution < 1.29 is 9.53 Å². The molecule has 27 heavy (non-hydrogen) atoms. The minimum Gasteiger partial charge on any atom is -0.439 e. The summed E-state index contributed by atoms with van der Waals surface area (Å²) in [7, 11) is 0. The lowest BCUT2D eigenvalue weighted by atomic mass is 9.95. The number of amides is 1. The molecule has 0 unspecified atom stereocenters. The molecule has 0 spiro atoms. The van der Waals surface area contributed by atoms with Crippen LogP contribution in [-0.2, 0) is 4.79 Å². The summed E-state index contributed by atoms with van der Waals surface area (Å²) in [4.78, 5) is 24.8. The van der Waals surface area contributed by atoms with E-state index in [-0.39, 0.29) is 5.91 Å². The van der Waals surface area contributed by atoms with Crippen LogP contribution in [0.3, 0.4) is 0 Å². The van der Waals surface area contributed by atoms with E-state index in [1.807, 2.05) is 39.2 Å². The van der Waals surface area contributed by atoms with Crippen molar-refractivity contribution in [3.63, 3.8) is 0 Å². The SMILES string of the molecule is Cc1ncn(-c2cc(Oc3ccc(NC(=O)C(C)(C)C)cc3)ncn2)c1C. The zero-order valence-corrected chi connectivity index (χ0v) is 16.1. The van der Waals surface area contributed by atoms with Gasteiger partial charge in [0.05, 0.1) is 5.69 Å². The van der Waals surface area contributed by atoms with Gasteiger partial charge in [-0.25, -0.2) is 15.0 Å². The molecule has 0 radical (unpaired) electrons. The van der Waals surface area contributed by atoms with Crippen LogP contribution in [0.15, 0.2) is 43.0 Å². The Morgan fingerprint density at radius 1 is 1.07 bits per heavy atom. The highest BCUT2D eigenvalue weighted by Crippen LogP contribution is 2.24. The number of nitrogens with one attached hydrogen (secondary N) is 1. The first kappa shape index (κ1) is 18.6. The molecule has 7 nitrogen and oxygen atoms in total. The third-order valence-electron chi connectivity index (χ3n) is 4.14. The largest absolute Gasteiger partial charge is 0.439 e. The first-order valence-electron chi connectivity index (χ1n) is 8.66. The number of carbonyl (C=O) groups excluding carboxylic acids is 1. The number of ether oxygens (including phenoxy) is 1. The summed E-state index contributed by atoms with van der Waals surface area (Å²) in [5.74, 6) is 1.69. The lowest BCUT2D eigenvalue weighted by Gasteiger charge is -2.17. The lowest BCUT2D eigenvalue weighted by molar-refractivity contribution is -0.123. The van der Waals surface area contributed by atoms with E-state index in [4.69, 9.17) is 4.74 Å². The molecule has 2 heterocycles. The highest BCUT2D eigenvalue weighted by Gasteiger charge is 2.21. The highest BCUT2D eigenvalue weighted by atomic mass is 16.5. The molecule has 0 atom stereocenters. The molecular weight excluding hydrogens is 342 g/mol. The summed E-state index contributed by atoms with van der Waals surface area (Å²) in [6, 6.07) is 8.91. The van der Waals surface area contributed by atoms with Crippen molar-refractivity contribution in [2.45, 2.75) is 34.6 Å². The summed E-state index contributed by atoms with van der Waals surface area (Å²) < 4.78 is 7.70. The van der Waals surface area contributed by atoms with Crippen LogP contribution >= 0.6 is 0 Å². The van der Waals surface area contributed by atoms with E-state index in [2.05, 4.69) is 20.3 Å². The van der Waals surface area contributed by atoms with Crippen LogP contribution in [-0.4, -0.2) is 25.4 Å². The van der Waals surface area contributed by atoms with E-state index in [1.54, 1.807) is 36.7 Å². The van der Waals surface area contributed by atoms with Gasteiger partial charge in [-0.15, -0.1) is 0 Å². The molecule has 0 bridgehead atoms. The molecule has 3 aromatic rings. The van der Waals surface area contributed by atoms with Crippen LogP contribution < -0.4 is 10.1 Å². The molecule has 0 saturated heterocycles. The second-order valence-corrected chi connectivity index (χ2v) is 7.33.